The van der Waals surface area contributed by atoms with E-state index in [-0.39, 0.29) is 5.75 Å². The first kappa shape index (κ1) is 8.44. The Hall–Kier alpha value is -1.56. The summed E-state index contributed by atoms with van der Waals surface area (Å²) in [5.41, 5.74) is 0. The highest BCUT2D eigenvalue weighted by atomic mass is 19.1. The van der Waals surface area contributed by atoms with Gasteiger partial charge in [0.05, 0.1) is 0 Å². The molecule has 0 heterocycles. The zero-order valence-electron chi connectivity index (χ0n) is 5.16. The van der Waals surface area contributed by atoms with Crippen LogP contribution in [0.25, 0.3) is 0 Å². The monoisotopic (exact) mass is 139 g/mol. The van der Waals surface area contributed by atoms with Crippen molar-refractivity contribution in [1.29, 1.82) is 5.26 Å². The predicted octanol–water partition coefficient (Wildman–Crippen LogP) is 1.67. The van der Waals surface area contributed by atoms with Crippen molar-refractivity contribution in [2.45, 2.75) is 0 Å². The lowest BCUT2D eigenvalue weighted by atomic mass is 10.3. The molecule has 0 fully saturated rings. The average Bonchev–Trinajstić information content (AvgIpc) is 2.00. The molecule has 0 atom stereocenters. The van der Waals surface area contributed by atoms with Crippen LogP contribution in [0.3, 0.4) is 0 Å². The molecule has 1 N–H and O–H groups in total. The molecule has 0 aromatic heterocycles. The van der Waals surface area contributed by atoms with Crippen molar-refractivity contribution in [3.63, 3.8) is 0 Å². The summed E-state index contributed by atoms with van der Waals surface area (Å²) in [7, 11) is 0. The number of nitriles is 1. The van der Waals surface area contributed by atoms with Crippen LogP contribution >= 0.6 is 0 Å². The fraction of sp³-hybridized carbons (Fsp3) is 0. The van der Waals surface area contributed by atoms with Crippen LogP contribution in [-0.4, -0.2) is 5.11 Å². The molecule has 0 saturated heterocycles. The maximum absolute atomic E-state index is 12.1. The second-order valence-corrected chi connectivity index (χ2v) is 1.45. The van der Waals surface area contributed by atoms with Gasteiger partial charge in [-0.2, -0.15) is 0 Å². The molecule has 0 aliphatic rings. The van der Waals surface area contributed by atoms with Crippen LogP contribution in [0.4, 0.5) is 4.39 Å². The number of aromatic hydroxyl groups is 1. The summed E-state index contributed by atoms with van der Waals surface area (Å²) in [4.78, 5) is 0. The molecule has 0 unspecified atom stereocenters. The molecule has 0 saturated carbocycles. The normalized spacial score (nSPS) is 7.50. The molecule has 3 heteroatoms. The number of benzene rings is 1. The van der Waals surface area contributed by atoms with Crippen molar-refractivity contribution in [2.75, 3.05) is 0 Å². The quantitative estimate of drug-likeness (QED) is 0.594. The second kappa shape index (κ2) is 4.33. The van der Waals surface area contributed by atoms with Gasteiger partial charge in [0.25, 0.3) is 0 Å². The topological polar surface area (TPSA) is 44.0 Å². The number of halogens is 1. The minimum atomic E-state index is -0.576. The van der Waals surface area contributed by atoms with Crippen LogP contribution in [0.2, 0.25) is 0 Å². The Labute approximate surface area is 58.2 Å². The Balaban J connectivity index is 0.000000371. The molecule has 0 aliphatic carbocycles. The van der Waals surface area contributed by atoms with Crippen molar-refractivity contribution in [3.8, 4) is 12.3 Å². The molecular formula is C7H6FNO. The van der Waals surface area contributed by atoms with Crippen molar-refractivity contribution < 1.29 is 9.50 Å². The van der Waals surface area contributed by atoms with E-state index >= 15 is 0 Å². The van der Waals surface area contributed by atoms with Crippen molar-refractivity contribution in [1.82, 2.24) is 0 Å². The number of hydrogen-bond acceptors (Lipinski definition) is 2. The summed E-state index contributed by atoms with van der Waals surface area (Å²) in [6.45, 7) is 3.50. The SMILES string of the molecule is C#N.Oc1ccccc1F. The van der Waals surface area contributed by atoms with E-state index in [0.29, 0.717) is 0 Å². The minimum Gasteiger partial charge on any atom is -0.505 e. The molecule has 0 aliphatic heterocycles. The largest absolute Gasteiger partial charge is 0.505 e. The molecule has 0 radical (unpaired) electrons. The van der Waals surface area contributed by atoms with Gasteiger partial charge in [-0.15, -0.1) is 0 Å². The highest BCUT2D eigenvalue weighted by Gasteiger charge is 1.91. The van der Waals surface area contributed by atoms with Gasteiger partial charge in [-0.25, -0.2) is 9.65 Å². The van der Waals surface area contributed by atoms with Crippen molar-refractivity contribution >= 4 is 0 Å². The highest BCUT2D eigenvalue weighted by molar-refractivity contribution is 5.21. The molecule has 10 heavy (non-hydrogen) atoms. The van der Waals surface area contributed by atoms with Crippen LogP contribution in [0.15, 0.2) is 24.3 Å². The van der Waals surface area contributed by atoms with Gasteiger partial charge in [-0.3, -0.25) is 0 Å². The Morgan fingerprint density at radius 3 is 2.10 bits per heavy atom. The van der Waals surface area contributed by atoms with Crippen LogP contribution < -0.4 is 0 Å². The maximum atomic E-state index is 12.1. The van der Waals surface area contributed by atoms with Crippen LogP contribution in [0.1, 0.15) is 0 Å². The van der Waals surface area contributed by atoms with Gasteiger partial charge in [0, 0.05) is 6.57 Å². The van der Waals surface area contributed by atoms with Crippen molar-refractivity contribution in [2.24, 2.45) is 0 Å². The Kier molecular flexibility index (Phi) is 3.66. The second-order valence-electron chi connectivity index (χ2n) is 1.45. The summed E-state index contributed by atoms with van der Waals surface area (Å²) in [6, 6.07) is 5.60. The summed E-state index contributed by atoms with van der Waals surface area (Å²) in [6.07, 6.45) is 0. The molecule has 1 rings (SSSR count). The summed E-state index contributed by atoms with van der Waals surface area (Å²) >= 11 is 0. The fourth-order valence-electron chi connectivity index (χ4n) is 0.452. The zero-order valence-corrected chi connectivity index (χ0v) is 5.16. The summed E-state index contributed by atoms with van der Waals surface area (Å²) in [5, 5.41) is 15.0. The van der Waals surface area contributed by atoms with E-state index in [1.54, 1.807) is 6.07 Å². The lowest BCUT2D eigenvalue weighted by Gasteiger charge is -1.88. The van der Waals surface area contributed by atoms with E-state index in [0.717, 1.165) is 0 Å². The first-order valence-electron chi connectivity index (χ1n) is 2.50. The van der Waals surface area contributed by atoms with Crippen LogP contribution in [0.5, 0.6) is 5.75 Å². The number of phenols is 1. The molecule has 2 nitrogen and oxygen atoms in total. The Bertz CT molecular complexity index is 201. The van der Waals surface area contributed by atoms with E-state index in [1.807, 2.05) is 0 Å². The summed E-state index contributed by atoms with van der Waals surface area (Å²) < 4.78 is 12.1. The first-order valence-corrected chi connectivity index (χ1v) is 2.50. The van der Waals surface area contributed by atoms with Crippen LogP contribution in [-0.2, 0) is 0 Å². The van der Waals surface area contributed by atoms with E-state index in [2.05, 4.69) is 6.57 Å². The molecule has 0 bridgehead atoms. The van der Waals surface area contributed by atoms with E-state index < -0.39 is 5.82 Å². The minimum absolute atomic E-state index is 0.299. The highest BCUT2D eigenvalue weighted by Crippen LogP contribution is 2.11. The first-order chi connectivity index (χ1) is 4.80. The molecule has 52 valence electrons. The fourth-order valence-corrected chi connectivity index (χ4v) is 0.452. The third-order valence-corrected chi connectivity index (χ3v) is 0.852. The standard InChI is InChI=1S/C6H5FO.CHN/c7-5-3-1-2-4-6(5)8;1-2/h1-4,8H;1H. The van der Waals surface area contributed by atoms with E-state index in [1.165, 1.54) is 18.2 Å². The number of hydrogen-bond donors (Lipinski definition) is 1. The molecule has 1 aromatic rings. The smallest absolute Gasteiger partial charge is 0.164 e. The number of para-hydroxylation sites is 1. The number of nitrogens with zero attached hydrogens (tertiary/aromatic N) is 1. The lowest BCUT2D eigenvalue weighted by Crippen LogP contribution is -1.70. The molecule has 1 aromatic carbocycles. The number of rotatable bonds is 0. The van der Waals surface area contributed by atoms with Gasteiger partial charge in [-0.1, -0.05) is 12.1 Å². The van der Waals surface area contributed by atoms with E-state index in [4.69, 9.17) is 10.4 Å². The summed E-state index contributed by atoms with van der Waals surface area (Å²) in [5.74, 6) is -0.875. The van der Waals surface area contributed by atoms with E-state index in [9.17, 15) is 4.39 Å². The maximum Gasteiger partial charge on any atom is 0.164 e. The molecule has 0 spiro atoms. The average molecular weight is 139 g/mol. The lowest BCUT2D eigenvalue weighted by molar-refractivity contribution is 0.432. The predicted molar refractivity (Wildman–Crippen MR) is 34.7 cm³/mol. The van der Waals surface area contributed by atoms with Crippen molar-refractivity contribution in [3.05, 3.63) is 30.1 Å². The van der Waals surface area contributed by atoms with Gasteiger partial charge >= 0.3 is 0 Å². The Morgan fingerprint density at radius 2 is 1.80 bits per heavy atom. The zero-order chi connectivity index (χ0) is 7.98. The van der Waals surface area contributed by atoms with Gasteiger partial charge < -0.3 is 5.11 Å². The Morgan fingerprint density at radius 1 is 1.30 bits per heavy atom. The third-order valence-electron chi connectivity index (χ3n) is 0.852. The number of phenolic OH excluding ortho intramolecular Hbond substituents is 1. The van der Waals surface area contributed by atoms with Crippen LogP contribution in [0, 0.1) is 17.7 Å². The van der Waals surface area contributed by atoms with Gasteiger partial charge in [0.2, 0.25) is 0 Å². The third kappa shape index (κ3) is 2.14. The van der Waals surface area contributed by atoms with Gasteiger partial charge in [0.1, 0.15) is 0 Å². The molecular weight excluding hydrogens is 133 g/mol. The van der Waals surface area contributed by atoms with Gasteiger partial charge in [0.15, 0.2) is 11.6 Å². The molecule has 0 amide bonds. The van der Waals surface area contributed by atoms with Gasteiger partial charge in [-0.05, 0) is 12.1 Å².